The molecule has 0 atom stereocenters. The first-order valence-corrected chi connectivity index (χ1v) is 10.9. The SMILES string of the molecule is Cc1ccc(NC(=O)CSc2nnc(-c3ccccn3)n2-c2ccc(C)cc2C)cc1. The van der Waals surface area contributed by atoms with Gasteiger partial charge in [0.15, 0.2) is 11.0 Å². The average Bonchev–Trinajstić information content (AvgIpc) is 3.18. The van der Waals surface area contributed by atoms with E-state index in [-0.39, 0.29) is 11.7 Å². The molecule has 0 aliphatic carbocycles. The lowest BCUT2D eigenvalue weighted by atomic mass is 10.1. The third-order valence-corrected chi connectivity index (χ3v) is 5.72. The van der Waals surface area contributed by atoms with Gasteiger partial charge in [0.1, 0.15) is 5.69 Å². The lowest BCUT2D eigenvalue weighted by Gasteiger charge is -2.13. The lowest BCUT2D eigenvalue weighted by molar-refractivity contribution is -0.113. The molecule has 0 saturated carbocycles. The molecule has 1 N–H and O–H groups in total. The zero-order valence-corrected chi connectivity index (χ0v) is 18.5. The highest BCUT2D eigenvalue weighted by molar-refractivity contribution is 7.99. The van der Waals surface area contributed by atoms with Crippen LogP contribution in [0.3, 0.4) is 0 Å². The van der Waals surface area contributed by atoms with Gasteiger partial charge in [0.2, 0.25) is 5.91 Å². The Balaban J connectivity index is 1.62. The maximum atomic E-state index is 12.5. The van der Waals surface area contributed by atoms with Crippen LogP contribution < -0.4 is 5.32 Å². The van der Waals surface area contributed by atoms with Gasteiger partial charge >= 0.3 is 0 Å². The van der Waals surface area contributed by atoms with E-state index in [2.05, 4.69) is 52.5 Å². The number of rotatable bonds is 6. The largest absolute Gasteiger partial charge is 0.325 e. The number of amides is 1. The molecular formula is C24H23N5OS. The van der Waals surface area contributed by atoms with E-state index in [0.717, 1.165) is 28.2 Å². The molecule has 2 aromatic carbocycles. The van der Waals surface area contributed by atoms with Crippen molar-refractivity contribution < 1.29 is 4.79 Å². The Labute approximate surface area is 185 Å². The summed E-state index contributed by atoms with van der Waals surface area (Å²) >= 11 is 1.35. The number of anilines is 1. The van der Waals surface area contributed by atoms with Gasteiger partial charge in [-0.15, -0.1) is 10.2 Å². The number of thioether (sulfide) groups is 1. The van der Waals surface area contributed by atoms with Gasteiger partial charge in [-0.3, -0.25) is 14.3 Å². The van der Waals surface area contributed by atoms with E-state index < -0.39 is 0 Å². The van der Waals surface area contributed by atoms with Crippen LogP contribution in [-0.2, 0) is 4.79 Å². The molecule has 2 heterocycles. The van der Waals surface area contributed by atoms with Crippen molar-refractivity contribution in [2.45, 2.75) is 25.9 Å². The Hall–Kier alpha value is -3.45. The Morgan fingerprint density at radius 3 is 2.45 bits per heavy atom. The summed E-state index contributed by atoms with van der Waals surface area (Å²) in [6, 6.07) is 19.7. The van der Waals surface area contributed by atoms with Crippen LogP contribution in [0.2, 0.25) is 0 Å². The number of pyridine rings is 1. The normalized spacial score (nSPS) is 10.8. The third-order valence-electron chi connectivity index (χ3n) is 4.79. The molecule has 0 bridgehead atoms. The Morgan fingerprint density at radius 1 is 0.968 bits per heavy atom. The number of nitrogens with one attached hydrogen (secondary N) is 1. The fourth-order valence-corrected chi connectivity index (χ4v) is 4.01. The second-order valence-electron chi connectivity index (χ2n) is 7.35. The van der Waals surface area contributed by atoms with Crippen LogP contribution in [0.25, 0.3) is 17.2 Å². The molecule has 1 amide bonds. The van der Waals surface area contributed by atoms with Gasteiger partial charge in [-0.25, -0.2) is 0 Å². The summed E-state index contributed by atoms with van der Waals surface area (Å²) in [6.07, 6.45) is 1.73. The van der Waals surface area contributed by atoms with E-state index in [1.165, 1.54) is 17.3 Å². The molecule has 0 aliphatic heterocycles. The second kappa shape index (κ2) is 9.14. The number of hydrogen-bond acceptors (Lipinski definition) is 5. The molecule has 2 aromatic heterocycles. The van der Waals surface area contributed by atoms with Crippen molar-refractivity contribution in [1.82, 2.24) is 19.7 Å². The van der Waals surface area contributed by atoms with E-state index in [9.17, 15) is 4.79 Å². The highest BCUT2D eigenvalue weighted by Crippen LogP contribution is 2.29. The zero-order valence-electron chi connectivity index (χ0n) is 17.7. The fraction of sp³-hybridized carbons (Fsp3) is 0.167. The lowest BCUT2D eigenvalue weighted by Crippen LogP contribution is -2.14. The van der Waals surface area contributed by atoms with Crippen LogP contribution in [0.5, 0.6) is 0 Å². The van der Waals surface area contributed by atoms with E-state index in [1.54, 1.807) is 6.20 Å². The predicted molar refractivity (Wildman–Crippen MR) is 125 cm³/mol. The smallest absolute Gasteiger partial charge is 0.234 e. The number of nitrogens with zero attached hydrogens (tertiary/aromatic N) is 4. The van der Waals surface area contributed by atoms with Crippen LogP contribution >= 0.6 is 11.8 Å². The van der Waals surface area contributed by atoms with Gasteiger partial charge in [-0.2, -0.15) is 0 Å². The van der Waals surface area contributed by atoms with Crippen molar-refractivity contribution in [1.29, 1.82) is 0 Å². The van der Waals surface area contributed by atoms with Crippen LogP contribution in [0.15, 0.2) is 72.0 Å². The van der Waals surface area contributed by atoms with Gasteiger partial charge in [0, 0.05) is 11.9 Å². The summed E-state index contributed by atoms with van der Waals surface area (Å²) in [4.78, 5) is 16.9. The molecule has 4 rings (SSSR count). The summed E-state index contributed by atoms with van der Waals surface area (Å²) in [5.74, 6) is 0.775. The molecule has 0 fully saturated rings. The van der Waals surface area contributed by atoms with Crippen molar-refractivity contribution in [3.8, 4) is 17.2 Å². The van der Waals surface area contributed by atoms with Crippen LogP contribution in [0, 0.1) is 20.8 Å². The molecule has 0 spiro atoms. The number of carbonyl (C=O) groups excluding carboxylic acids is 1. The minimum Gasteiger partial charge on any atom is -0.325 e. The minimum absolute atomic E-state index is 0.0941. The first kappa shape index (κ1) is 20.8. The highest BCUT2D eigenvalue weighted by Gasteiger charge is 2.19. The third kappa shape index (κ3) is 4.83. The topological polar surface area (TPSA) is 72.7 Å². The van der Waals surface area contributed by atoms with E-state index in [0.29, 0.717) is 11.0 Å². The molecule has 7 heteroatoms. The first-order valence-electron chi connectivity index (χ1n) is 9.95. The monoisotopic (exact) mass is 429 g/mol. The van der Waals surface area contributed by atoms with Gasteiger partial charge in [-0.1, -0.05) is 53.2 Å². The summed E-state index contributed by atoms with van der Waals surface area (Å²) in [5, 5.41) is 12.3. The molecule has 31 heavy (non-hydrogen) atoms. The summed E-state index contributed by atoms with van der Waals surface area (Å²) in [7, 11) is 0. The Kier molecular flexibility index (Phi) is 6.13. The maximum Gasteiger partial charge on any atom is 0.234 e. The summed E-state index contributed by atoms with van der Waals surface area (Å²) in [5.41, 5.74) is 5.91. The zero-order chi connectivity index (χ0) is 21.8. The molecule has 6 nitrogen and oxygen atoms in total. The van der Waals surface area contributed by atoms with Crippen molar-refractivity contribution >= 4 is 23.4 Å². The Bertz CT molecular complexity index is 1200. The predicted octanol–water partition coefficient (Wildman–Crippen LogP) is 4.99. The number of hydrogen-bond donors (Lipinski definition) is 1. The quantitative estimate of drug-likeness (QED) is 0.437. The number of benzene rings is 2. The standard InChI is InChI=1S/C24H23N5OS/c1-16-7-10-19(11-8-16)26-22(30)15-31-24-28-27-23(20-6-4-5-13-25-20)29(24)21-12-9-17(2)14-18(21)3/h4-14H,15H2,1-3H3,(H,26,30). The van der Waals surface area contributed by atoms with Gasteiger partial charge in [0.25, 0.3) is 0 Å². The number of carbonyl (C=O) groups is 1. The van der Waals surface area contributed by atoms with Crippen molar-refractivity contribution in [3.05, 3.63) is 83.6 Å². The van der Waals surface area contributed by atoms with Crippen LogP contribution in [0.4, 0.5) is 5.69 Å². The summed E-state index contributed by atoms with van der Waals surface area (Å²) < 4.78 is 1.97. The van der Waals surface area contributed by atoms with Gasteiger partial charge in [-0.05, 0) is 56.7 Å². The number of aryl methyl sites for hydroxylation is 3. The summed E-state index contributed by atoms with van der Waals surface area (Å²) in [6.45, 7) is 6.14. The van der Waals surface area contributed by atoms with Crippen LogP contribution in [0.1, 0.15) is 16.7 Å². The second-order valence-corrected chi connectivity index (χ2v) is 8.29. The van der Waals surface area contributed by atoms with Crippen molar-refractivity contribution in [3.63, 3.8) is 0 Å². The van der Waals surface area contributed by atoms with Crippen LogP contribution in [-0.4, -0.2) is 31.4 Å². The minimum atomic E-state index is -0.0941. The number of aromatic nitrogens is 4. The fourth-order valence-electron chi connectivity index (χ4n) is 3.26. The first-order chi connectivity index (χ1) is 15.0. The van der Waals surface area contributed by atoms with E-state index in [1.807, 2.05) is 54.0 Å². The molecule has 0 saturated heterocycles. The average molecular weight is 430 g/mol. The Morgan fingerprint density at radius 2 is 1.74 bits per heavy atom. The van der Waals surface area contributed by atoms with E-state index in [4.69, 9.17) is 0 Å². The van der Waals surface area contributed by atoms with Gasteiger partial charge < -0.3 is 5.32 Å². The molecule has 0 unspecified atom stereocenters. The molecule has 0 radical (unpaired) electrons. The maximum absolute atomic E-state index is 12.5. The molecule has 156 valence electrons. The highest BCUT2D eigenvalue weighted by atomic mass is 32.2. The molecular weight excluding hydrogens is 406 g/mol. The molecule has 4 aromatic rings. The molecule has 0 aliphatic rings. The van der Waals surface area contributed by atoms with Gasteiger partial charge in [0.05, 0.1) is 11.4 Å². The van der Waals surface area contributed by atoms with Crippen molar-refractivity contribution in [2.24, 2.45) is 0 Å². The van der Waals surface area contributed by atoms with Crippen molar-refractivity contribution in [2.75, 3.05) is 11.1 Å². The van der Waals surface area contributed by atoms with E-state index >= 15 is 0 Å².